The molecule has 0 aromatic rings. The molecular formula is C26H50. The van der Waals surface area contributed by atoms with E-state index < -0.39 is 0 Å². The molecule has 0 N–H and O–H groups in total. The molecular weight excluding hydrogens is 312 g/mol. The normalized spacial score (nSPS) is 9.96. The highest BCUT2D eigenvalue weighted by molar-refractivity contribution is 5.01. The summed E-state index contributed by atoms with van der Waals surface area (Å²) in [7, 11) is 0. The van der Waals surface area contributed by atoms with E-state index in [1.165, 1.54) is 80.1 Å². The summed E-state index contributed by atoms with van der Waals surface area (Å²) in [6, 6.07) is 0. The van der Waals surface area contributed by atoms with Gasteiger partial charge in [-0.05, 0) is 80.1 Å². The van der Waals surface area contributed by atoms with Gasteiger partial charge in [-0.25, -0.2) is 0 Å². The molecule has 0 rings (SSSR count). The quantitative estimate of drug-likeness (QED) is 0.339. The molecule has 0 aliphatic rings. The lowest BCUT2D eigenvalue weighted by Crippen LogP contribution is -1.77. The Balaban J connectivity index is -0.000000326. The first-order chi connectivity index (χ1) is 12.2. The van der Waals surface area contributed by atoms with Gasteiger partial charge in [-0.2, -0.15) is 0 Å². The molecule has 0 radical (unpaired) electrons. The van der Waals surface area contributed by atoms with Gasteiger partial charge in [-0.15, -0.1) is 6.58 Å². The van der Waals surface area contributed by atoms with E-state index in [2.05, 4.69) is 87.1 Å². The van der Waals surface area contributed by atoms with Crippen LogP contribution in [0, 0.1) is 0 Å². The summed E-state index contributed by atoms with van der Waals surface area (Å²) in [5, 5.41) is 0. The molecule has 0 atom stereocenters. The van der Waals surface area contributed by atoms with E-state index in [4.69, 9.17) is 0 Å². The van der Waals surface area contributed by atoms with Crippen LogP contribution in [0.15, 0.2) is 47.1 Å². The molecule has 0 amide bonds. The van der Waals surface area contributed by atoms with Crippen molar-refractivity contribution in [2.24, 2.45) is 0 Å². The molecule has 154 valence electrons. The largest absolute Gasteiger partial charge is 0.100 e. The second kappa shape index (κ2) is 24.0. The van der Waals surface area contributed by atoms with Gasteiger partial charge >= 0.3 is 0 Å². The minimum atomic E-state index is 1.20. The van der Waals surface area contributed by atoms with E-state index in [-0.39, 0.29) is 0 Å². The summed E-state index contributed by atoms with van der Waals surface area (Å²) in [6.07, 6.45) is 18.2. The monoisotopic (exact) mass is 362 g/mol. The van der Waals surface area contributed by atoms with E-state index in [9.17, 15) is 0 Å². The van der Waals surface area contributed by atoms with Crippen LogP contribution in [0.2, 0.25) is 0 Å². The van der Waals surface area contributed by atoms with Crippen molar-refractivity contribution >= 4 is 0 Å². The number of rotatable bonds is 10. The number of hydrogen-bond donors (Lipinski definition) is 0. The van der Waals surface area contributed by atoms with Crippen molar-refractivity contribution in [2.75, 3.05) is 0 Å². The van der Waals surface area contributed by atoms with Gasteiger partial charge in [0.15, 0.2) is 0 Å². The third-order valence-electron chi connectivity index (χ3n) is 3.67. The Hall–Kier alpha value is -1.04. The van der Waals surface area contributed by atoms with Crippen molar-refractivity contribution < 1.29 is 0 Å². The molecule has 0 heterocycles. The van der Waals surface area contributed by atoms with Gasteiger partial charge < -0.3 is 0 Å². The minimum Gasteiger partial charge on any atom is -0.100 e. The fourth-order valence-corrected chi connectivity index (χ4v) is 1.99. The predicted octanol–water partition coefficient (Wildman–Crippen LogP) is 9.98. The van der Waals surface area contributed by atoms with Crippen LogP contribution in [0.3, 0.4) is 0 Å². The topological polar surface area (TPSA) is 0 Å². The second-order valence-electron chi connectivity index (χ2n) is 7.79. The van der Waals surface area contributed by atoms with Crippen molar-refractivity contribution in [1.82, 2.24) is 0 Å². The maximum atomic E-state index is 3.79. The van der Waals surface area contributed by atoms with Gasteiger partial charge in [0.2, 0.25) is 0 Å². The average Bonchev–Trinajstić information content (AvgIpc) is 2.57. The average molecular weight is 363 g/mol. The number of hydrogen-bond acceptors (Lipinski definition) is 0. The smallest absolute Gasteiger partial charge is 0.0288 e. The van der Waals surface area contributed by atoms with E-state index >= 15 is 0 Å². The Morgan fingerprint density at radius 1 is 0.615 bits per heavy atom. The van der Waals surface area contributed by atoms with Crippen molar-refractivity contribution in [3.8, 4) is 0 Å². The minimum absolute atomic E-state index is 1.20. The zero-order chi connectivity index (χ0) is 20.8. The van der Waals surface area contributed by atoms with Gasteiger partial charge in [0.25, 0.3) is 0 Å². The molecule has 0 unspecified atom stereocenters. The van der Waals surface area contributed by atoms with E-state index in [0.29, 0.717) is 0 Å². The van der Waals surface area contributed by atoms with Gasteiger partial charge in [0.05, 0.1) is 0 Å². The number of allylic oxidation sites excluding steroid dienone is 7. The van der Waals surface area contributed by atoms with Crippen LogP contribution in [0.4, 0.5) is 0 Å². The van der Waals surface area contributed by atoms with Gasteiger partial charge in [-0.1, -0.05) is 80.6 Å². The third-order valence-corrected chi connectivity index (χ3v) is 3.67. The fraction of sp³-hybridized carbons (Fsp3) is 0.692. The SMILES string of the molecule is C=C(C)CCCC.CCC/C=C(\C)CCC=C(C)C.CCCC=C(C)C. The molecule has 0 bridgehead atoms. The Bertz CT molecular complexity index is 382. The molecule has 26 heavy (non-hydrogen) atoms. The Kier molecular flexibility index (Phi) is 27.4. The molecule has 0 aromatic carbocycles. The summed E-state index contributed by atoms with van der Waals surface area (Å²) >= 11 is 0. The molecule has 0 aliphatic heterocycles. The highest BCUT2D eigenvalue weighted by atomic mass is 13.9. The van der Waals surface area contributed by atoms with Crippen molar-refractivity contribution in [2.45, 2.75) is 120 Å². The lowest BCUT2D eigenvalue weighted by Gasteiger charge is -1.97. The summed E-state index contributed by atoms with van der Waals surface area (Å²) in [5.74, 6) is 0. The van der Waals surface area contributed by atoms with Crippen molar-refractivity contribution in [1.29, 1.82) is 0 Å². The van der Waals surface area contributed by atoms with Crippen LogP contribution in [0.25, 0.3) is 0 Å². The Morgan fingerprint density at radius 3 is 1.38 bits per heavy atom. The molecule has 0 heteroatoms. The van der Waals surface area contributed by atoms with E-state index in [1.54, 1.807) is 0 Å². The molecule has 0 spiro atoms. The van der Waals surface area contributed by atoms with Gasteiger partial charge in [0.1, 0.15) is 0 Å². The van der Waals surface area contributed by atoms with Gasteiger partial charge in [-0.3, -0.25) is 0 Å². The first-order valence-electron chi connectivity index (χ1n) is 10.8. The van der Waals surface area contributed by atoms with E-state index in [1.807, 2.05) is 0 Å². The molecule has 0 aliphatic carbocycles. The standard InChI is InChI=1S/C12H22.2C7H14/c1-5-6-9-12(4)10-7-8-11(2)3;2*1-4-5-6-7(2)3/h8-9H,5-7,10H2,1-4H3;6H,4-5H2,1-3H3;2,4-6H2,1,3H3/b12-9+;;. The zero-order valence-corrected chi connectivity index (χ0v) is 19.8. The van der Waals surface area contributed by atoms with Crippen LogP contribution in [-0.4, -0.2) is 0 Å². The summed E-state index contributed by atoms with van der Waals surface area (Å²) < 4.78 is 0. The fourth-order valence-electron chi connectivity index (χ4n) is 1.99. The molecule has 0 nitrogen and oxygen atoms in total. The lowest BCUT2D eigenvalue weighted by molar-refractivity contribution is 0.789. The van der Waals surface area contributed by atoms with Crippen LogP contribution in [0.5, 0.6) is 0 Å². The highest BCUT2D eigenvalue weighted by Gasteiger charge is 1.87. The summed E-state index contributed by atoms with van der Waals surface area (Å²) in [5.41, 5.74) is 5.70. The molecule has 0 fully saturated rings. The molecule has 0 saturated heterocycles. The Morgan fingerprint density at radius 2 is 1.08 bits per heavy atom. The Labute approximate surface area is 167 Å². The highest BCUT2D eigenvalue weighted by Crippen LogP contribution is 2.08. The van der Waals surface area contributed by atoms with Crippen molar-refractivity contribution in [3.63, 3.8) is 0 Å². The first kappa shape index (κ1) is 29.7. The van der Waals surface area contributed by atoms with Crippen LogP contribution < -0.4 is 0 Å². The first-order valence-corrected chi connectivity index (χ1v) is 10.8. The van der Waals surface area contributed by atoms with Crippen LogP contribution in [0.1, 0.15) is 120 Å². The third kappa shape index (κ3) is 38.5. The lowest BCUT2D eigenvalue weighted by atomic mass is 10.1. The summed E-state index contributed by atoms with van der Waals surface area (Å²) in [6.45, 7) is 23.3. The van der Waals surface area contributed by atoms with Crippen molar-refractivity contribution in [3.05, 3.63) is 47.1 Å². The zero-order valence-electron chi connectivity index (χ0n) is 19.8. The van der Waals surface area contributed by atoms with Crippen LogP contribution >= 0.6 is 0 Å². The van der Waals surface area contributed by atoms with Gasteiger partial charge in [0, 0.05) is 0 Å². The van der Waals surface area contributed by atoms with E-state index in [0.717, 1.165) is 0 Å². The molecule has 0 saturated carbocycles. The molecule has 0 aromatic heterocycles. The maximum Gasteiger partial charge on any atom is -0.0288 e. The second-order valence-corrected chi connectivity index (χ2v) is 7.79. The maximum absolute atomic E-state index is 3.79. The summed E-state index contributed by atoms with van der Waals surface area (Å²) in [4.78, 5) is 0. The number of unbranched alkanes of at least 4 members (excludes halogenated alkanes) is 3. The van der Waals surface area contributed by atoms with Crippen LogP contribution in [-0.2, 0) is 0 Å². The predicted molar refractivity (Wildman–Crippen MR) is 126 cm³/mol.